The summed E-state index contributed by atoms with van der Waals surface area (Å²) in [6.07, 6.45) is 1.90. The number of fused-ring (bicyclic) bond motifs is 2. The summed E-state index contributed by atoms with van der Waals surface area (Å²) in [5, 5.41) is 0. The summed E-state index contributed by atoms with van der Waals surface area (Å²) in [5.74, 6) is -0.459. The van der Waals surface area contributed by atoms with Crippen molar-refractivity contribution >= 4 is 21.7 Å². The van der Waals surface area contributed by atoms with Crippen molar-refractivity contribution in [2.45, 2.75) is 33.1 Å². The van der Waals surface area contributed by atoms with Gasteiger partial charge in [-0.1, -0.05) is 44.2 Å². The molecule has 2 atom stereocenters. The van der Waals surface area contributed by atoms with Gasteiger partial charge in [-0.2, -0.15) is 8.42 Å². The van der Waals surface area contributed by atoms with E-state index in [0.717, 1.165) is 6.42 Å². The van der Waals surface area contributed by atoms with E-state index < -0.39 is 27.9 Å². The molecule has 0 aromatic heterocycles. The molecule has 2 bridgehead atoms. The second-order valence-corrected chi connectivity index (χ2v) is 9.06. The number of hydrogen-bond donors (Lipinski definition) is 0. The van der Waals surface area contributed by atoms with E-state index in [9.17, 15) is 18.0 Å². The number of carbonyl (C=O) groups excluding carboxylic acids is 2. The van der Waals surface area contributed by atoms with E-state index >= 15 is 0 Å². The van der Waals surface area contributed by atoms with Gasteiger partial charge in [0.15, 0.2) is 5.78 Å². The summed E-state index contributed by atoms with van der Waals surface area (Å²) in [7, 11) is -3.96. The predicted octanol–water partition coefficient (Wildman–Crippen LogP) is 2.61. The Labute approximate surface area is 142 Å². The minimum absolute atomic E-state index is 0.0188. The van der Waals surface area contributed by atoms with Crippen LogP contribution >= 0.6 is 0 Å². The molecule has 0 heterocycles. The molecule has 3 rings (SSSR count). The zero-order valence-corrected chi connectivity index (χ0v) is 14.8. The van der Waals surface area contributed by atoms with Gasteiger partial charge in [0, 0.05) is 12.0 Å². The van der Waals surface area contributed by atoms with Crippen LogP contribution in [0.5, 0.6) is 0 Å². The number of ketones is 2. The first-order valence-electron chi connectivity index (χ1n) is 8.17. The third-order valence-corrected chi connectivity index (χ3v) is 7.35. The molecule has 2 unspecified atom stereocenters. The second-order valence-electron chi connectivity index (χ2n) is 7.42. The summed E-state index contributed by atoms with van der Waals surface area (Å²) in [6, 6.07) is 8.42. The van der Waals surface area contributed by atoms with Gasteiger partial charge >= 0.3 is 0 Å². The molecule has 0 amide bonds. The van der Waals surface area contributed by atoms with E-state index in [0.29, 0.717) is 18.4 Å². The molecule has 0 spiro atoms. The van der Waals surface area contributed by atoms with Gasteiger partial charge in [-0.25, -0.2) is 0 Å². The Hall–Kier alpha value is -1.53. The lowest BCUT2D eigenvalue weighted by Crippen LogP contribution is -2.42. The first-order chi connectivity index (χ1) is 11.2. The first kappa shape index (κ1) is 17.3. The zero-order valence-electron chi connectivity index (χ0n) is 13.9. The van der Waals surface area contributed by atoms with Crippen LogP contribution in [0, 0.1) is 16.7 Å². The lowest BCUT2D eigenvalue weighted by Gasteiger charge is -2.35. The smallest absolute Gasteiger partial charge is 0.268 e. The molecule has 24 heavy (non-hydrogen) atoms. The third kappa shape index (κ3) is 2.71. The zero-order chi connectivity index (χ0) is 17.6. The van der Waals surface area contributed by atoms with Crippen molar-refractivity contribution in [3.63, 3.8) is 0 Å². The fourth-order valence-corrected chi connectivity index (χ4v) is 5.95. The highest BCUT2D eigenvalue weighted by atomic mass is 32.2. The van der Waals surface area contributed by atoms with Crippen LogP contribution in [0.25, 0.3) is 0 Å². The van der Waals surface area contributed by atoms with Crippen LogP contribution in [0.3, 0.4) is 0 Å². The van der Waals surface area contributed by atoms with Crippen LogP contribution in [0.2, 0.25) is 0 Å². The Balaban J connectivity index is 1.71. The Morgan fingerprint density at radius 1 is 1.25 bits per heavy atom. The topological polar surface area (TPSA) is 77.5 Å². The van der Waals surface area contributed by atoms with E-state index in [2.05, 4.69) is 0 Å². The lowest BCUT2D eigenvalue weighted by atomic mass is 9.70. The SMILES string of the molecule is CC1(C)C2CCC1(CS(=O)(=O)OCC(=O)c1ccccc1)C(=O)C2. The van der Waals surface area contributed by atoms with E-state index in [1.54, 1.807) is 30.3 Å². The van der Waals surface area contributed by atoms with Gasteiger partial charge in [0.25, 0.3) is 10.1 Å². The highest BCUT2D eigenvalue weighted by Gasteiger charge is 2.65. The van der Waals surface area contributed by atoms with Gasteiger partial charge in [0.1, 0.15) is 12.4 Å². The summed E-state index contributed by atoms with van der Waals surface area (Å²) in [5.41, 5.74) is -0.806. The number of rotatable bonds is 6. The van der Waals surface area contributed by atoms with Crippen molar-refractivity contribution in [3.8, 4) is 0 Å². The molecular formula is C18H22O5S. The first-order valence-corrected chi connectivity index (χ1v) is 9.74. The van der Waals surface area contributed by atoms with Crippen LogP contribution in [0.1, 0.15) is 43.5 Å². The van der Waals surface area contributed by atoms with Crippen LogP contribution in [-0.2, 0) is 19.1 Å². The average Bonchev–Trinajstić information content (AvgIpc) is 2.87. The second kappa shape index (κ2) is 5.77. The van der Waals surface area contributed by atoms with Gasteiger partial charge in [-0.3, -0.25) is 13.8 Å². The highest BCUT2D eigenvalue weighted by Crippen LogP contribution is 2.64. The Morgan fingerprint density at radius 2 is 1.92 bits per heavy atom. The Morgan fingerprint density at radius 3 is 2.46 bits per heavy atom. The van der Waals surface area contributed by atoms with Crippen molar-refractivity contribution in [1.29, 1.82) is 0 Å². The molecule has 130 valence electrons. The summed E-state index contributed by atoms with van der Waals surface area (Å²) in [4.78, 5) is 24.4. The fraction of sp³-hybridized carbons (Fsp3) is 0.556. The van der Waals surface area contributed by atoms with Gasteiger partial charge in [-0.05, 0) is 24.2 Å². The average molecular weight is 350 g/mol. The fourth-order valence-electron chi connectivity index (χ4n) is 4.30. The van der Waals surface area contributed by atoms with Crippen molar-refractivity contribution in [1.82, 2.24) is 0 Å². The van der Waals surface area contributed by atoms with E-state index in [4.69, 9.17) is 4.18 Å². The van der Waals surface area contributed by atoms with Gasteiger partial charge < -0.3 is 0 Å². The molecule has 2 fully saturated rings. The molecule has 1 aromatic carbocycles. The molecule has 1 aromatic rings. The maximum absolute atomic E-state index is 12.4. The van der Waals surface area contributed by atoms with Crippen molar-refractivity contribution < 1.29 is 22.2 Å². The number of hydrogen-bond acceptors (Lipinski definition) is 5. The molecule has 2 aliphatic carbocycles. The Bertz CT molecular complexity index is 766. The lowest BCUT2D eigenvalue weighted by molar-refractivity contribution is -0.128. The molecule has 5 nitrogen and oxygen atoms in total. The normalized spacial score (nSPS) is 28.2. The third-order valence-electron chi connectivity index (χ3n) is 6.03. The minimum Gasteiger partial charge on any atom is -0.299 e. The molecule has 0 N–H and O–H groups in total. The van der Waals surface area contributed by atoms with E-state index in [1.165, 1.54) is 0 Å². The molecule has 0 aliphatic heterocycles. The van der Waals surface area contributed by atoms with E-state index in [-0.39, 0.29) is 22.9 Å². The van der Waals surface area contributed by atoms with Crippen molar-refractivity contribution in [3.05, 3.63) is 35.9 Å². The van der Waals surface area contributed by atoms with Gasteiger partial charge in [-0.15, -0.1) is 0 Å². The maximum Gasteiger partial charge on any atom is 0.268 e. The molecule has 2 saturated carbocycles. The van der Waals surface area contributed by atoms with Crippen molar-refractivity contribution in [2.24, 2.45) is 16.7 Å². The van der Waals surface area contributed by atoms with Gasteiger partial charge in [0.2, 0.25) is 0 Å². The van der Waals surface area contributed by atoms with Gasteiger partial charge in [0.05, 0.1) is 11.2 Å². The predicted molar refractivity (Wildman–Crippen MR) is 89.1 cm³/mol. The van der Waals surface area contributed by atoms with Crippen molar-refractivity contribution in [2.75, 3.05) is 12.4 Å². The number of benzene rings is 1. The number of Topliss-reactive ketones (excluding diaryl/α,β-unsaturated/α-hetero) is 2. The molecular weight excluding hydrogens is 328 g/mol. The summed E-state index contributed by atoms with van der Waals surface area (Å²) < 4.78 is 29.8. The molecule has 2 aliphatic rings. The molecule has 0 saturated heterocycles. The van der Waals surface area contributed by atoms with Crippen LogP contribution in [0.15, 0.2) is 30.3 Å². The molecule has 0 radical (unpaired) electrons. The summed E-state index contributed by atoms with van der Waals surface area (Å²) in [6.45, 7) is 3.42. The monoisotopic (exact) mass is 350 g/mol. The summed E-state index contributed by atoms with van der Waals surface area (Å²) >= 11 is 0. The maximum atomic E-state index is 12.4. The minimum atomic E-state index is -3.96. The molecule has 6 heteroatoms. The quantitative estimate of drug-likeness (QED) is 0.582. The standard InChI is InChI=1S/C18H22O5S/c1-17(2)14-8-9-18(17,16(20)10-14)12-24(21,22)23-11-15(19)13-6-4-3-5-7-13/h3-7,14H,8-12H2,1-2H3. The van der Waals surface area contributed by atoms with Crippen LogP contribution in [0.4, 0.5) is 0 Å². The largest absolute Gasteiger partial charge is 0.299 e. The van der Waals surface area contributed by atoms with E-state index in [1.807, 2.05) is 13.8 Å². The number of carbonyl (C=O) groups is 2. The van der Waals surface area contributed by atoms with Crippen LogP contribution in [-0.4, -0.2) is 32.3 Å². The highest BCUT2D eigenvalue weighted by molar-refractivity contribution is 7.86. The van der Waals surface area contributed by atoms with Crippen LogP contribution < -0.4 is 0 Å². The Kier molecular flexibility index (Phi) is 4.16.